The van der Waals surface area contributed by atoms with Crippen LogP contribution in [-0.2, 0) is 4.74 Å². The lowest BCUT2D eigenvalue weighted by Crippen LogP contribution is -2.05. The second-order valence-electron chi connectivity index (χ2n) is 4.95. The van der Waals surface area contributed by atoms with Gasteiger partial charge in [0.25, 0.3) is 0 Å². The number of aromatic carboxylic acids is 1. The SMILES string of the molecule is CCOC(=O)c1nn2c(C)ncc2s1.Cc1ncc2sc(C(=O)O)nn12. The number of carboxylic acids is 1. The Bertz CT molecular complexity index is 1090. The van der Waals surface area contributed by atoms with E-state index in [9.17, 15) is 9.59 Å². The number of imidazole rings is 2. The zero-order valence-electron chi connectivity index (χ0n) is 14.0. The Labute approximate surface area is 154 Å². The smallest absolute Gasteiger partial charge is 0.369 e. The van der Waals surface area contributed by atoms with E-state index in [0.717, 1.165) is 26.8 Å². The van der Waals surface area contributed by atoms with E-state index in [1.807, 2.05) is 6.92 Å². The van der Waals surface area contributed by atoms with Gasteiger partial charge in [0, 0.05) is 0 Å². The van der Waals surface area contributed by atoms with E-state index in [1.54, 1.807) is 30.8 Å². The quantitative estimate of drug-likeness (QED) is 0.524. The van der Waals surface area contributed by atoms with Crippen molar-refractivity contribution >= 4 is 44.3 Å². The van der Waals surface area contributed by atoms with Crippen molar-refractivity contribution in [3.63, 3.8) is 0 Å². The van der Waals surface area contributed by atoms with Crippen molar-refractivity contribution in [2.75, 3.05) is 6.61 Å². The Morgan fingerprint density at radius 3 is 2.00 bits per heavy atom. The van der Waals surface area contributed by atoms with Crippen molar-refractivity contribution in [1.82, 2.24) is 29.2 Å². The number of carboxylic acid groups (broad SMARTS) is 1. The summed E-state index contributed by atoms with van der Waals surface area (Å²) in [6, 6.07) is 0. The number of hydrogen-bond donors (Lipinski definition) is 1. The Hall–Kier alpha value is -2.86. The van der Waals surface area contributed by atoms with Gasteiger partial charge in [-0.05, 0) is 20.8 Å². The van der Waals surface area contributed by atoms with Gasteiger partial charge in [0.1, 0.15) is 21.3 Å². The van der Waals surface area contributed by atoms with Gasteiger partial charge in [-0.1, -0.05) is 22.7 Å². The molecule has 136 valence electrons. The van der Waals surface area contributed by atoms with Gasteiger partial charge in [-0.25, -0.2) is 28.6 Å². The lowest BCUT2D eigenvalue weighted by Gasteiger charge is -1.94. The first kappa shape index (κ1) is 17.9. The molecule has 0 spiro atoms. The molecule has 0 saturated carbocycles. The Balaban J connectivity index is 0.000000152. The highest BCUT2D eigenvalue weighted by Gasteiger charge is 2.14. The molecule has 26 heavy (non-hydrogen) atoms. The van der Waals surface area contributed by atoms with Crippen molar-refractivity contribution < 1.29 is 19.4 Å². The normalized spacial score (nSPS) is 10.7. The highest BCUT2D eigenvalue weighted by molar-refractivity contribution is 7.19. The van der Waals surface area contributed by atoms with E-state index in [1.165, 1.54) is 15.9 Å². The molecule has 4 rings (SSSR count). The van der Waals surface area contributed by atoms with Crippen molar-refractivity contribution in [2.45, 2.75) is 20.8 Å². The van der Waals surface area contributed by atoms with Crippen LogP contribution in [0.1, 0.15) is 38.2 Å². The number of fused-ring (bicyclic) bond motifs is 2. The van der Waals surface area contributed by atoms with Crippen molar-refractivity contribution in [3.05, 3.63) is 34.1 Å². The number of rotatable bonds is 3. The third-order valence-electron chi connectivity index (χ3n) is 3.17. The summed E-state index contributed by atoms with van der Waals surface area (Å²) in [7, 11) is 0. The first-order chi connectivity index (χ1) is 12.4. The second kappa shape index (κ2) is 7.17. The van der Waals surface area contributed by atoms with Gasteiger partial charge in [0.05, 0.1) is 19.0 Å². The molecule has 4 aromatic rings. The van der Waals surface area contributed by atoms with Crippen molar-refractivity contribution in [1.29, 1.82) is 0 Å². The van der Waals surface area contributed by atoms with Crippen molar-refractivity contribution in [2.24, 2.45) is 0 Å². The molecule has 4 heterocycles. The molecule has 0 radical (unpaired) electrons. The number of ether oxygens (including phenoxy) is 1. The number of nitrogens with zero attached hydrogens (tertiary/aromatic N) is 6. The Kier molecular flexibility index (Phi) is 4.95. The molecule has 0 aliphatic carbocycles. The van der Waals surface area contributed by atoms with Gasteiger partial charge >= 0.3 is 11.9 Å². The molecule has 0 bridgehead atoms. The first-order valence-electron chi connectivity index (χ1n) is 7.43. The summed E-state index contributed by atoms with van der Waals surface area (Å²) < 4.78 is 8.00. The topological polar surface area (TPSA) is 124 Å². The number of aromatic nitrogens is 6. The molecule has 0 atom stereocenters. The lowest BCUT2D eigenvalue weighted by atomic mass is 10.7. The van der Waals surface area contributed by atoms with Crippen LogP contribution in [0.15, 0.2) is 12.4 Å². The fourth-order valence-corrected chi connectivity index (χ4v) is 3.60. The number of aryl methyl sites for hydroxylation is 2. The van der Waals surface area contributed by atoms with Gasteiger partial charge in [0.15, 0.2) is 0 Å². The fourth-order valence-electron chi connectivity index (χ4n) is 2.00. The van der Waals surface area contributed by atoms with Crippen LogP contribution in [0.3, 0.4) is 0 Å². The van der Waals surface area contributed by atoms with Gasteiger partial charge < -0.3 is 9.84 Å². The predicted molar refractivity (Wildman–Crippen MR) is 94.1 cm³/mol. The molecule has 10 nitrogen and oxygen atoms in total. The van der Waals surface area contributed by atoms with Gasteiger partial charge in [-0.2, -0.15) is 0 Å². The summed E-state index contributed by atoms with van der Waals surface area (Å²) in [4.78, 5) is 31.5. The molecule has 0 amide bonds. The van der Waals surface area contributed by atoms with E-state index < -0.39 is 5.97 Å². The summed E-state index contributed by atoms with van der Waals surface area (Å²) in [5, 5.41) is 17.0. The van der Waals surface area contributed by atoms with Gasteiger partial charge in [0.2, 0.25) is 10.0 Å². The van der Waals surface area contributed by atoms with Crippen molar-refractivity contribution in [3.8, 4) is 0 Å². The molecule has 0 aliphatic rings. The number of hydrogen-bond acceptors (Lipinski definition) is 9. The average molecular weight is 394 g/mol. The lowest BCUT2D eigenvalue weighted by molar-refractivity contribution is 0.0524. The molecule has 0 aliphatic heterocycles. The third-order valence-corrected chi connectivity index (χ3v) is 5.04. The molecule has 12 heteroatoms. The second-order valence-corrected chi connectivity index (χ2v) is 6.97. The van der Waals surface area contributed by atoms with E-state index in [-0.39, 0.29) is 11.0 Å². The maximum atomic E-state index is 11.3. The minimum absolute atomic E-state index is 0.0931. The number of esters is 1. The van der Waals surface area contributed by atoms with Crippen LogP contribution < -0.4 is 0 Å². The van der Waals surface area contributed by atoms with Crippen LogP contribution in [0, 0.1) is 13.8 Å². The zero-order valence-corrected chi connectivity index (χ0v) is 15.7. The molecule has 0 unspecified atom stereocenters. The number of carbonyl (C=O) groups is 2. The fraction of sp³-hybridized carbons (Fsp3) is 0.286. The summed E-state index contributed by atoms with van der Waals surface area (Å²) in [5.74, 6) is 0.101. The molecular formula is C14H14N6O4S2. The van der Waals surface area contributed by atoms with Crippen LogP contribution in [-0.4, -0.2) is 52.8 Å². The van der Waals surface area contributed by atoms with E-state index in [0.29, 0.717) is 17.4 Å². The highest BCUT2D eigenvalue weighted by atomic mass is 32.1. The summed E-state index contributed by atoms with van der Waals surface area (Å²) in [6.07, 6.45) is 3.30. The third kappa shape index (κ3) is 3.41. The van der Waals surface area contributed by atoms with Gasteiger partial charge in [-0.15, -0.1) is 10.2 Å². The van der Waals surface area contributed by atoms with Crippen LogP contribution in [0.25, 0.3) is 9.66 Å². The summed E-state index contributed by atoms with van der Waals surface area (Å²) in [6.45, 7) is 5.75. The van der Waals surface area contributed by atoms with E-state index in [4.69, 9.17) is 9.84 Å². The average Bonchev–Trinajstić information content (AvgIpc) is 3.33. The molecule has 1 N–H and O–H groups in total. The van der Waals surface area contributed by atoms with Crippen LogP contribution >= 0.6 is 22.7 Å². The highest BCUT2D eigenvalue weighted by Crippen LogP contribution is 2.17. The Morgan fingerprint density at radius 2 is 1.54 bits per heavy atom. The molecular weight excluding hydrogens is 380 g/mol. The first-order valence-corrected chi connectivity index (χ1v) is 9.06. The largest absolute Gasteiger partial charge is 0.476 e. The molecule has 0 aromatic carbocycles. The van der Waals surface area contributed by atoms with Crippen LogP contribution in [0.5, 0.6) is 0 Å². The number of carbonyl (C=O) groups excluding carboxylic acids is 1. The monoisotopic (exact) mass is 394 g/mol. The zero-order chi connectivity index (χ0) is 18.8. The van der Waals surface area contributed by atoms with Crippen LogP contribution in [0.4, 0.5) is 0 Å². The standard InChI is InChI=1S/C8H9N3O2S.C6H5N3O2S/c1-3-13-8(12)7-10-11-5(2)9-4-6(11)14-7;1-3-7-2-4-9(3)8-5(12-4)6(10)11/h4H,3H2,1-2H3;2H,1H3,(H,10,11). The molecule has 0 saturated heterocycles. The summed E-state index contributed by atoms with van der Waals surface area (Å²) >= 11 is 2.40. The predicted octanol–water partition coefficient (Wildman–Crippen LogP) is 2.07. The summed E-state index contributed by atoms with van der Waals surface area (Å²) in [5.41, 5.74) is 0. The molecule has 0 fully saturated rings. The van der Waals surface area contributed by atoms with Crippen LogP contribution in [0.2, 0.25) is 0 Å². The van der Waals surface area contributed by atoms with E-state index >= 15 is 0 Å². The Morgan fingerprint density at radius 1 is 1.04 bits per heavy atom. The minimum Gasteiger partial charge on any atom is -0.476 e. The maximum absolute atomic E-state index is 11.3. The minimum atomic E-state index is -0.997. The van der Waals surface area contributed by atoms with Gasteiger partial charge in [-0.3, -0.25) is 0 Å². The maximum Gasteiger partial charge on any atom is 0.369 e. The van der Waals surface area contributed by atoms with E-state index in [2.05, 4.69) is 20.2 Å². The molecule has 4 aromatic heterocycles.